The number of aromatic nitrogens is 2. The van der Waals surface area contributed by atoms with Gasteiger partial charge in [-0.05, 0) is 67.8 Å². The normalized spacial score (nSPS) is 13.8. The van der Waals surface area contributed by atoms with Crippen molar-refractivity contribution in [1.82, 2.24) is 9.97 Å². The summed E-state index contributed by atoms with van der Waals surface area (Å²) in [4.78, 5) is 22.8. The number of nitrogens with one attached hydrogen (secondary N) is 2. The van der Waals surface area contributed by atoms with Crippen LogP contribution in [0.5, 0.6) is 0 Å². The lowest BCUT2D eigenvalue weighted by molar-refractivity contribution is 0.102. The highest BCUT2D eigenvalue weighted by atomic mass is 16.1. The molecule has 6 heteroatoms. The quantitative estimate of drug-likeness (QED) is 0.691. The Morgan fingerprint density at radius 1 is 0.893 bits per heavy atom. The van der Waals surface area contributed by atoms with Crippen LogP contribution in [0.1, 0.15) is 29.6 Å². The molecule has 1 fully saturated rings. The fourth-order valence-electron chi connectivity index (χ4n) is 3.30. The molecule has 142 valence electrons. The third-order valence-corrected chi connectivity index (χ3v) is 4.81. The topological polar surface area (TPSA) is 70.2 Å². The lowest BCUT2D eigenvalue weighted by Gasteiger charge is -2.28. The van der Waals surface area contributed by atoms with Gasteiger partial charge in [-0.1, -0.05) is 0 Å². The summed E-state index contributed by atoms with van der Waals surface area (Å²) in [6, 6.07) is 15.6. The number of hydrogen-bond acceptors (Lipinski definition) is 5. The smallest absolute Gasteiger partial charge is 0.258 e. The van der Waals surface area contributed by atoms with E-state index in [1.807, 2.05) is 6.07 Å². The zero-order chi connectivity index (χ0) is 19.2. The summed E-state index contributed by atoms with van der Waals surface area (Å²) in [6.45, 7) is 2.28. The van der Waals surface area contributed by atoms with Crippen LogP contribution in [0.25, 0.3) is 0 Å². The summed E-state index contributed by atoms with van der Waals surface area (Å²) < 4.78 is 0. The van der Waals surface area contributed by atoms with Crippen molar-refractivity contribution in [3.63, 3.8) is 0 Å². The molecule has 2 aromatic heterocycles. The number of piperidine rings is 1. The Morgan fingerprint density at radius 3 is 2.36 bits per heavy atom. The van der Waals surface area contributed by atoms with Gasteiger partial charge in [0.15, 0.2) is 0 Å². The van der Waals surface area contributed by atoms with Crippen LogP contribution < -0.4 is 15.5 Å². The molecule has 1 aliphatic rings. The second-order valence-corrected chi connectivity index (χ2v) is 6.85. The summed E-state index contributed by atoms with van der Waals surface area (Å²) in [6.07, 6.45) is 8.75. The minimum Gasteiger partial charge on any atom is -0.372 e. The molecule has 3 heterocycles. The summed E-state index contributed by atoms with van der Waals surface area (Å²) in [5.74, 6) is 0.273. The molecule has 2 N–H and O–H groups in total. The van der Waals surface area contributed by atoms with E-state index in [1.165, 1.54) is 31.1 Å². The highest BCUT2D eigenvalue weighted by molar-refractivity contribution is 6.03. The Kier molecular flexibility index (Phi) is 5.47. The molecular formula is C22H23N5O. The molecule has 28 heavy (non-hydrogen) atoms. The minimum atomic E-state index is -0.227. The van der Waals surface area contributed by atoms with Crippen LogP contribution in [0.2, 0.25) is 0 Å². The average molecular weight is 373 g/mol. The summed E-state index contributed by atoms with van der Waals surface area (Å²) in [7, 11) is 0. The van der Waals surface area contributed by atoms with Gasteiger partial charge in [-0.25, -0.2) is 4.98 Å². The molecule has 6 nitrogen and oxygen atoms in total. The van der Waals surface area contributed by atoms with Crippen LogP contribution in [0, 0.1) is 0 Å². The molecule has 0 aliphatic carbocycles. The Labute approximate surface area is 164 Å². The van der Waals surface area contributed by atoms with Crippen molar-refractivity contribution in [2.75, 3.05) is 28.6 Å². The van der Waals surface area contributed by atoms with Gasteiger partial charge in [0.25, 0.3) is 5.91 Å². The fourth-order valence-corrected chi connectivity index (χ4v) is 3.30. The summed E-state index contributed by atoms with van der Waals surface area (Å²) in [5.41, 5.74) is 3.65. The molecule has 1 aliphatic heterocycles. The van der Waals surface area contributed by atoms with Gasteiger partial charge in [-0.15, -0.1) is 0 Å². The number of carbonyl (C=O) groups excluding carboxylic acids is 1. The lowest BCUT2D eigenvalue weighted by Crippen LogP contribution is -2.29. The van der Waals surface area contributed by atoms with Crippen molar-refractivity contribution < 1.29 is 4.79 Å². The van der Waals surface area contributed by atoms with E-state index in [1.54, 1.807) is 30.6 Å². The summed E-state index contributed by atoms with van der Waals surface area (Å²) >= 11 is 0. The maximum absolute atomic E-state index is 12.1. The first-order chi connectivity index (χ1) is 13.8. The van der Waals surface area contributed by atoms with E-state index in [0.717, 1.165) is 24.5 Å². The zero-order valence-electron chi connectivity index (χ0n) is 15.6. The molecule has 0 atom stereocenters. The Balaban J connectivity index is 1.36. The first kappa shape index (κ1) is 18.0. The molecule has 0 spiro atoms. The Bertz CT molecular complexity index is 904. The number of anilines is 4. The zero-order valence-corrected chi connectivity index (χ0v) is 15.6. The van der Waals surface area contributed by atoms with Crippen molar-refractivity contribution in [1.29, 1.82) is 0 Å². The van der Waals surface area contributed by atoms with Gasteiger partial charge in [-0.3, -0.25) is 9.78 Å². The molecule has 0 unspecified atom stereocenters. The van der Waals surface area contributed by atoms with Crippen molar-refractivity contribution in [3.05, 3.63) is 72.7 Å². The molecule has 1 saturated heterocycles. The van der Waals surface area contributed by atoms with Crippen molar-refractivity contribution in [3.8, 4) is 0 Å². The fraction of sp³-hybridized carbons (Fsp3) is 0.227. The molecule has 4 rings (SSSR count). The van der Waals surface area contributed by atoms with Gasteiger partial charge in [-0.2, -0.15) is 0 Å². The maximum Gasteiger partial charge on any atom is 0.258 e. The van der Waals surface area contributed by atoms with E-state index in [-0.39, 0.29) is 5.91 Å². The highest BCUT2D eigenvalue weighted by Gasteiger charge is 2.10. The van der Waals surface area contributed by atoms with Crippen LogP contribution in [0.15, 0.2) is 67.1 Å². The van der Waals surface area contributed by atoms with Gasteiger partial charge in [0, 0.05) is 36.9 Å². The molecule has 0 bridgehead atoms. The van der Waals surface area contributed by atoms with Crippen LogP contribution >= 0.6 is 0 Å². The molecule has 0 saturated carbocycles. The van der Waals surface area contributed by atoms with Crippen molar-refractivity contribution in [2.45, 2.75) is 19.3 Å². The van der Waals surface area contributed by atoms with Crippen LogP contribution in [0.3, 0.4) is 0 Å². The van der Waals surface area contributed by atoms with Crippen molar-refractivity contribution >= 4 is 28.8 Å². The van der Waals surface area contributed by atoms with Gasteiger partial charge in [0.2, 0.25) is 0 Å². The monoisotopic (exact) mass is 373 g/mol. The van der Waals surface area contributed by atoms with Crippen molar-refractivity contribution in [2.24, 2.45) is 0 Å². The number of amides is 1. The van der Waals surface area contributed by atoms with E-state index >= 15 is 0 Å². The second-order valence-electron chi connectivity index (χ2n) is 6.85. The first-order valence-electron chi connectivity index (χ1n) is 9.57. The highest BCUT2D eigenvalue weighted by Crippen LogP contribution is 2.24. The third-order valence-electron chi connectivity index (χ3n) is 4.81. The van der Waals surface area contributed by atoms with E-state index in [0.29, 0.717) is 11.4 Å². The van der Waals surface area contributed by atoms with E-state index in [2.05, 4.69) is 49.8 Å². The minimum absolute atomic E-state index is 0.227. The van der Waals surface area contributed by atoms with Gasteiger partial charge < -0.3 is 15.5 Å². The largest absolute Gasteiger partial charge is 0.372 e. The number of nitrogens with zero attached hydrogens (tertiary/aromatic N) is 3. The van der Waals surface area contributed by atoms with E-state index in [9.17, 15) is 4.79 Å². The lowest BCUT2D eigenvalue weighted by atomic mass is 10.1. The SMILES string of the molecule is O=C(Nc1ccc(Nc2ccc(N3CCCCC3)cc2)cn1)c1cccnc1. The van der Waals surface area contributed by atoms with Crippen LogP contribution in [-0.4, -0.2) is 29.0 Å². The predicted octanol–water partition coefficient (Wildman–Crippen LogP) is 4.46. The summed E-state index contributed by atoms with van der Waals surface area (Å²) in [5, 5.41) is 6.11. The number of benzene rings is 1. The number of carbonyl (C=O) groups is 1. The van der Waals surface area contributed by atoms with E-state index in [4.69, 9.17) is 0 Å². The standard InChI is InChI=1S/C22H23N5O/c28-22(17-5-4-12-23-15-17)26-21-11-8-19(16-24-21)25-18-6-9-20(10-7-18)27-13-2-1-3-14-27/h4-12,15-16,25H,1-3,13-14H2,(H,24,26,28). The maximum atomic E-state index is 12.1. The Morgan fingerprint density at radius 2 is 1.68 bits per heavy atom. The number of pyridine rings is 2. The Hall–Kier alpha value is -3.41. The van der Waals surface area contributed by atoms with Gasteiger partial charge >= 0.3 is 0 Å². The third kappa shape index (κ3) is 4.46. The van der Waals surface area contributed by atoms with Gasteiger partial charge in [0.05, 0.1) is 17.4 Å². The molecular weight excluding hydrogens is 350 g/mol. The molecule has 1 amide bonds. The second kappa shape index (κ2) is 8.52. The van der Waals surface area contributed by atoms with E-state index < -0.39 is 0 Å². The predicted molar refractivity (Wildman–Crippen MR) is 112 cm³/mol. The number of hydrogen-bond donors (Lipinski definition) is 2. The van der Waals surface area contributed by atoms with Crippen LogP contribution in [0.4, 0.5) is 22.9 Å². The molecule has 0 radical (unpaired) electrons. The van der Waals surface area contributed by atoms with Crippen LogP contribution in [-0.2, 0) is 0 Å². The number of rotatable bonds is 5. The molecule has 1 aromatic carbocycles. The van der Waals surface area contributed by atoms with Gasteiger partial charge in [0.1, 0.15) is 5.82 Å². The molecule has 3 aromatic rings. The first-order valence-corrected chi connectivity index (χ1v) is 9.57. The average Bonchev–Trinajstić information content (AvgIpc) is 2.77.